The molecule has 0 saturated heterocycles. The average molecular weight is 551 g/mol. The fraction of sp³-hybridized carbons (Fsp3) is 0.0488. The summed E-state index contributed by atoms with van der Waals surface area (Å²) >= 11 is 0. The van der Waals surface area contributed by atoms with E-state index < -0.39 is 0 Å². The van der Waals surface area contributed by atoms with Crippen molar-refractivity contribution >= 4 is 37.9 Å². The zero-order valence-electron chi connectivity index (χ0n) is 24.0. The molecule has 43 heavy (non-hydrogen) atoms. The Balaban J connectivity index is 1.21. The summed E-state index contributed by atoms with van der Waals surface area (Å²) in [6, 6.07) is 46.3. The average Bonchev–Trinajstić information content (AvgIpc) is 3.07. The van der Waals surface area contributed by atoms with E-state index in [0.29, 0.717) is 0 Å². The first kappa shape index (κ1) is 25.3. The molecule has 2 heterocycles. The molecule has 1 N–H and O–H groups in total. The van der Waals surface area contributed by atoms with Gasteiger partial charge in [0.05, 0.1) is 11.7 Å². The second kappa shape index (κ2) is 10.4. The van der Waals surface area contributed by atoms with Gasteiger partial charge in [0, 0.05) is 12.4 Å². The molecule has 1 aliphatic rings. The van der Waals surface area contributed by atoms with Crippen molar-refractivity contribution < 1.29 is 0 Å². The minimum absolute atomic E-state index is 0.0888. The van der Waals surface area contributed by atoms with Gasteiger partial charge in [-0.2, -0.15) is 0 Å². The Bertz CT molecular complexity index is 2170. The van der Waals surface area contributed by atoms with Gasteiger partial charge in [-0.25, -0.2) is 0 Å². The van der Waals surface area contributed by atoms with Gasteiger partial charge in [0.2, 0.25) is 0 Å². The number of pyridine rings is 1. The van der Waals surface area contributed by atoms with Gasteiger partial charge in [-0.1, -0.05) is 121 Å². The standard InChI is InChI=1S/C41H30N2/c1-27-10-9-23-42-41(27)38-22-21-33(26-43-38)31-18-17-30-25-32(20-19-29(30)24-31)40-36-15-7-5-13-34(36)39(28-11-3-2-4-12-28)35-14-6-8-16-37(35)40/h2-26,38,43H,1H3. The molecule has 8 rings (SSSR count). The normalized spacial score (nSPS) is 14.6. The molecule has 0 fully saturated rings. The number of dihydropyridines is 1. The molecule has 1 atom stereocenters. The number of hydrogen-bond acceptors (Lipinski definition) is 2. The van der Waals surface area contributed by atoms with Crippen molar-refractivity contribution in [1.82, 2.24) is 10.3 Å². The molecule has 1 unspecified atom stereocenters. The highest BCUT2D eigenvalue weighted by atomic mass is 14.9. The first-order valence-corrected chi connectivity index (χ1v) is 14.8. The first-order chi connectivity index (χ1) is 21.2. The lowest BCUT2D eigenvalue weighted by atomic mass is 9.85. The molecule has 1 aliphatic heterocycles. The van der Waals surface area contributed by atoms with Crippen LogP contribution in [-0.4, -0.2) is 4.98 Å². The highest BCUT2D eigenvalue weighted by Gasteiger charge is 2.17. The fourth-order valence-electron chi connectivity index (χ4n) is 6.59. The van der Waals surface area contributed by atoms with E-state index in [1.165, 1.54) is 71.3 Å². The molecule has 0 amide bonds. The predicted molar refractivity (Wildman–Crippen MR) is 182 cm³/mol. The van der Waals surface area contributed by atoms with E-state index in [0.717, 1.165) is 5.69 Å². The Morgan fingerprint density at radius 3 is 1.74 bits per heavy atom. The number of nitrogens with one attached hydrogen (secondary N) is 1. The van der Waals surface area contributed by atoms with Crippen LogP contribution in [0.3, 0.4) is 0 Å². The molecular weight excluding hydrogens is 520 g/mol. The molecule has 6 aromatic carbocycles. The predicted octanol–water partition coefficient (Wildman–Crippen LogP) is 10.4. The third kappa shape index (κ3) is 4.40. The number of aryl methyl sites for hydroxylation is 1. The molecule has 7 aromatic rings. The SMILES string of the molecule is Cc1cccnc1C1C=CC(c2ccc3cc(-c4c5ccccc5c(-c5ccccc5)c5ccccc45)ccc3c2)=CN1. The van der Waals surface area contributed by atoms with Crippen molar-refractivity contribution in [2.75, 3.05) is 0 Å². The molecule has 2 heteroatoms. The van der Waals surface area contributed by atoms with Crippen LogP contribution >= 0.6 is 0 Å². The maximum absolute atomic E-state index is 4.59. The van der Waals surface area contributed by atoms with Gasteiger partial charge < -0.3 is 5.32 Å². The summed E-state index contributed by atoms with van der Waals surface area (Å²) < 4.78 is 0. The molecule has 0 bridgehead atoms. The van der Waals surface area contributed by atoms with Gasteiger partial charge in [0.1, 0.15) is 0 Å². The maximum atomic E-state index is 4.59. The fourth-order valence-corrected chi connectivity index (χ4v) is 6.59. The molecule has 1 aromatic heterocycles. The van der Waals surface area contributed by atoms with Crippen molar-refractivity contribution in [2.24, 2.45) is 0 Å². The number of allylic oxidation sites excluding steroid dienone is 2. The van der Waals surface area contributed by atoms with Crippen LogP contribution in [0.25, 0.3) is 60.1 Å². The molecule has 0 radical (unpaired) electrons. The zero-order valence-corrected chi connectivity index (χ0v) is 24.0. The minimum Gasteiger partial charge on any atom is -0.379 e. The summed E-state index contributed by atoms with van der Waals surface area (Å²) in [7, 11) is 0. The lowest BCUT2D eigenvalue weighted by Gasteiger charge is -2.20. The third-order valence-corrected chi connectivity index (χ3v) is 8.69. The van der Waals surface area contributed by atoms with E-state index >= 15 is 0 Å². The Hall–Kier alpha value is -5.47. The van der Waals surface area contributed by atoms with Gasteiger partial charge in [-0.3, -0.25) is 4.98 Å². The van der Waals surface area contributed by atoms with Crippen LogP contribution in [0, 0.1) is 6.92 Å². The van der Waals surface area contributed by atoms with Crippen molar-refractivity contribution in [3.8, 4) is 22.3 Å². The maximum Gasteiger partial charge on any atom is 0.0871 e. The lowest BCUT2D eigenvalue weighted by Crippen LogP contribution is -2.18. The largest absolute Gasteiger partial charge is 0.379 e. The number of benzene rings is 6. The number of rotatable bonds is 4. The Morgan fingerprint density at radius 2 is 1.14 bits per heavy atom. The van der Waals surface area contributed by atoms with Crippen LogP contribution in [0.2, 0.25) is 0 Å². The van der Waals surface area contributed by atoms with Crippen LogP contribution in [0.4, 0.5) is 0 Å². The lowest BCUT2D eigenvalue weighted by molar-refractivity contribution is 0.717. The summed E-state index contributed by atoms with van der Waals surface area (Å²) in [5.74, 6) is 0. The molecule has 204 valence electrons. The van der Waals surface area contributed by atoms with Crippen LogP contribution in [0.5, 0.6) is 0 Å². The number of hydrogen-bond donors (Lipinski definition) is 1. The Labute approximate surface area is 251 Å². The molecular formula is C41H30N2. The topological polar surface area (TPSA) is 24.9 Å². The van der Waals surface area contributed by atoms with Crippen LogP contribution in [-0.2, 0) is 0 Å². The number of fused-ring (bicyclic) bond motifs is 3. The van der Waals surface area contributed by atoms with Crippen molar-refractivity contribution in [3.05, 3.63) is 169 Å². The van der Waals surface area contributed by atoms with E-state index in [1.807, 2.05) is 12.3 Å². The van der Waals surface area contributed by atoms with Gasteiger partial charge in [0.15, 0.2) is 0 Å². The van der Waals surface area contributed by atoms with E-state index in [2.05, 4.69) is 157 Å². The smallest absolute Gasteiger partial charge is 0.0871 e. The Kier molecular flexibility index (Phi) is 6.12. The summed E-state index contributed by atoms with van der Waals surface area (Å²) in [6.45, 7) is 2.11. The van der Waals surface area contributed by atoms with Crippen LogP contribution in [0.15, 0.2) is 152 Å². The highest BCUT2D eigenvalue weighted by Crippen LogP contribution is 2.44. The van der Waals surface area contributed by atoms with Gasteiger partial charge in [-0.05, 0) is 96.4 Å². The molecule has 2 nitrogen and oxygen atoms in total. The van der Waals surface area contributed by atoms with E-state index in [1.54, 1.807) is 0 Å². The molecule has 0 aliphatic carbocycles. The highest BCUT2D eigenvalue weighted by molar-refractivity contribution is 6.21. The third-order valence-electron chi connectivity index (χ3n) is 8.69. The number of aromatic nitrogens is 1. The summed E-state index contributed by atoms with van der Waals surface area (Å²) in [5, 5.41) is 11.1. The molecule has 0 spiro atoms. The molecule has 0 saturated carbocycles. The Morgan fingerprint density at radius 1 is 0.558 bits per heavy atom. The van der Waals surface area contributed by atoms with E-state index in [9.17, 15) is 0 Å². The van der Waals surface area contributed by atoms with Crippen LogP contribution in [0.1, 0.15) is 22.9 Å². The first-order valence-electron chi connectivity index (χ1n) is 14.8. The van der Waals surface area contributed by atoms with Gasteiger partial charge in [-0.15, -0.1) is 0 Å². The zero-order chi connectivity index (χ0) is 28.8. The van der Waals surface area contributed by atoms with Crippen molar-refractivity contribution in [2.45, 2.75) is 13.0 Å². The quantitative estimate of drug-likeness (QED) is 0.221. The second-order valence-electron chi connectivity index (χ2n) is 11.3. The monoisotopic (exact) mass is 550 g/mol. The second-order valence-corrected chi connectivity index (χ2v) is 11.3. The summed E-state index contributed by atoms with van der Waals surface area (Å²) in [6.07, 6.45) is 8.38. The van der Waals surface area contributed by atoms with Gasteiger partial charge in [0.25, 0.3) is 0 Å². The summed E-state index contributed by atoms with van der Waals surface area (Å²) in [4.78, 5) is 4.59. The summed E-state index contributed by atoms with van der Waals surface area (Å²) in [5.41, 5.74) is 9.69. The van der Waals surface area contributed by atoms with Crippen LogP contribution < -0.4 is 5.32 Å². The van der Waals surface area contributed by atoms with E-state index in [4.69, 9.17) is 0 Å². The number of nitrogens with zero attached hydrogens (tertiary/aromatic N) is 1. The van der Waals surface area contributed by atoms with Gasteiger partial charge >= 0.3 is 0 Å². The van der Waals surface area contributed by atoms with Crippen molar-refractivity contribution in [1.29, 1.82) is 0 Å². The minimum atomic E-state index is 0.0888. The van der Waals surface area contributed by atoms with Crippen molar-refractivity contribution in [3.63, 3.8) is 0 Å². The van der Waals surface area contributed by atoms with E-state index in [-0.39, 0.29) is 6.04 Å².